The van der Waals surface area contributed by atoms with Crippen molar-refractivity contribution in [2.75, 3.05) is 6.67 Å². The molecule has 0 radical (unpaired) electrons. The minimum absolute atomic E-state index is 0.518. The zero-order valence-corrected chi connectivity index (χ0v) is 8.70. The van der Waals surface area contributed by atoms with Gasteiger partial charge in [-0.3, -0.25) is 0 Å². The van der Waals surface area contributed by atoms with Crippen molar-refractivity contribution < 1.29 is 4.39 Å². The first kappa shape index (κ1) is 10.1. The molecular formula is C13H14FN. The van der Waals surface area contributed by atoms with Gasteiger partial charge in [-0.25, -0.2) is 4.39 Å². The number of aryl methyl sites for hydroxylation is 1. The molecule has 78 valence electrons. The lowest BCUT2D eigenvalue weighted by Crippen LogP contribution is -2.12. The zero-order chi connectivity index (χ0) is 10.8. The van der Waals surface area contributed by atoms with Crippen molar-refractivity contribution >= 4 is 10.8 Å². The maximum atomic E-state index is 12.6. The van der Waals surface area contributed by atoms with E-state index in [4.69, 9.17) is 5.73 Å². The molecular weight excluding hydrogens is 189 g/mol. The van der Waals surface area contributed by atoms with Crippen LogP contribution in [0.5, 0.6) is 0 Å². The fourth-order valence-electron chi connectivity index (χ4n) is 1.88. The minimum atomic E-state index is -0.521. The third kappa shape index (κ3) is 1.73. The average Bonchev–Trinajstić information content (AvgIpc) is 2.29. The van der Waals surface area contributed by atoms with Crippen LogP contribution in [-0.4, -0.2) is 6.67 Å². The summed E-state index contributed by atoms with van der Waals surface area (Å²) in [6.45, 7) is 1.53. The zero-order valence-electron chi connectivity index (χ0n) is 8.70. The second-order valence-electron chi connectivity index (χ2n) is 3.78. The molecule has 2 heteroatoms. The normalized spacial score (nSPS) is 13.0. The highest BCUT2D eigenvalue weighted by Crippen LogP contribution is 2.25. The molecule has 0 spiro atoms. The summed E-state index contributed by atoms with van der Waals surface area (Å²) in [5, 5.41) is 2.21. The first-order valence-corrected chi connectivity index (χ1v) is 5.04. The standard InChI is InChI=1S/C13H14FN/c1-9-6-7-12(13(15)8-14)11-5-3-2-4-10(9)11/h2-7,13H,8,15H2,1H3/t13-/m0/s1. The monoisotopic (exact) mass is 203 g/mol. The highest BCUT2D eigenvalue weighted by atomic mass is 19.1. The van der Waals surface area contributed by atoms with Gasteiger partial charge in [0, 0.05) is 0 Å². The Balaban J connectivity index is 2.71. The smallest absolute Gasteiger partial charge is 0.109 e. The maximum Gasteiger partial charge on any atom is 0.109 e. The molecule has 0 unspecified atom stereocenters. The number of alkyl halides is 1. The van der Waals surface area contributed by atoms with Crippen LogP contribution < -0.4 is 5.73 Å². The number of benzene rings is 2. The van der Waals surface area contributed by atoms with E-state index in [1.54, 1.807) is 0 Å². The third-order valence-corrected chi connectivity index (χ3v) is 2.74. The van der Waals surface area contributed by atoms with Crippen LogP contribution in [-0.2, 0) is 0 Å². The van der Waals surface area contributed by atoms with Crippen LogP contribution in [0.3, 0.4) is 0 Å². The molecule has 0 heterocycles. The number of halogens is 1. The Kier molecular flexibility index (Phi) is 2.69. The lowest BCUT2D eigenvalue weighted by atomic mass is 9.97. The van der Waals surface area contributed by atoms with Gasteiger partial charge in [0.05, 0.1) is 6.04 Å². The van der Waals surface area contributed by atoms with E-state index in [1.165, 1.54) is 5.56 Å². The van der Waals surface area contributed by atoms with Crippen molar-refractivity contribution in [1.29, 1.82) is 0 Å². The highest BCUT2D eigenvalue weighted by molar-refractivity contribution is 5.88. The van der Waals surface area contributed by atoms with Crippen LogP contribution in [0.15, 0.2) is 36.4 Å². The van der Waals surface area contributed by atoms with E-state index in [-0.39, 0.29) is 0 Å². The van der Waals surface area contributed by atoms with Gasteiger partial charge >= 0.3 is 0 Å². The summed E-state index contributed by atoms with van der Waals surface area (Å²) in [6.07, 6.45) is 0. The van der Waals surface area contributed by atoms with Crippen molar-refractivity contribution in [3.05, 3.63) is 47.5 Å². The van der Waals surface area contributed by atoms with Gasteiger partial charge in [0.15, 0.2) is 0 Å². The molecule has 0 aliphatic carbocycles. The number of hydrogen-bond acceptors (Lipinski definition) is 1. The summed E-state index contributed by atoms with van der Waals surface area (Å²) < 4.78 is 12.6. The molecule has 2 rings (SSSR count). The van der Waals surface area contributed by atoms with E-state index in [9.17, 15) is 4.39 Å². The van der Waals surface area contributed by atoms with Gasteiger partial charge in [-0.15, -0.1) is 0 Å². The largest absolute Gasteiger partial charge is 0.322 e. The summed E-state index contributed by atoms with van der Waals surface area (Å²) in [5.74, 6) is 0. The number of rotatable bonds is 2. The van der Waals surface area contributed by atoms with Gasteiger partial charge in [0.1, 0.15) is 6.67 Å². The second-order valence-corrected chi connectivity index (χ2v) is 3.78. The highest BCUT2D eigenvalue weighted by Gasteiger charge is 2.09. The molecule has 0 saturated carbocycles. The molecule has 0 amide bonds. The van der Waals surface area contributed by atoms with Crippen molar-refractivity contribution in [1.82, 2.24) is 0 Å². The molecule has 1 nitrogen and oxygen atoms in total. The topological polar surface area (TPSA) is 26.0 Å². The van der Waals surface area contributed by atoms with Gasteiger partial charge in [-0.2, -0.15) is 0 Å². The molecule has 0 aliphatic heterocycles. The van der Waals surface area contributed by atoms with Gasteiger partial charge in [-0.05, 0) is 28.8 Å². The predicted molar refractivity (Wildman–Crippen MR) is 61.6 cm³/mol. The first-order chi connectivity index (χ1) is 7.24. The Labute approximate surface area is 88.7 Å². The molecule has 0 fully saturated rings. The summed E-state index contributed by atoms with van der Waals surface area (Å²) in [5.41, 5.74) is 7.82. The van der Waals surface area contributed by atoms with E-state index in [0.717, 1.165) is 16.3 Å². The van der Waals surface area contributed by atoms with Crippen LogP contribution >= 0.6 is 0 Å². The average molecular weight is 203 g/mol. The fourth-order valence-corrected chi connectivity index (χ4v) is 1.88. The van der Waals surface area contributed by atoms with Crippen molar-refractivity contribution in [2.24, 2.45) is 5.73 Å². The minimum Gasteiger partial charge on any atom is -0.322 e. The third-order valence-electron chi connectivity index (χ3n) is 2.74. The number of hydrogen-bond donors (Lipinski definition) is 1. The van der Waals surface area contributed by atoms with Crippen LogP contribution in [0, 0.1) is 6.92 Å². The predicted octanol–water partition coefficient (Wildman–Crippen LogP) is 3.12. The van der Waals surface area contributed by atoms with Crippen molar-refractivity contribution in [2.45, 2.75) is 13.0 Å². The Morgan fingerprint density at radius 3 is 2.47 bits per heavy atom. The maximum absolute atomic E-state index is 12.6. The summed E-state index contributed by atoms with van der Waals surface area (Å²) in [4.78, 5) is 0. The Morgan fingerprint density at radius 1 is 1.13 bits per heavy atom. The first-order valence-electron chi connectivity index (χ1n) is 5.04. The van der Waals surface area contributed by atoms with E-state index in [2.05, 4.69) is 0 Å². The van der Waals surface area contributed by atoms with E-state index < -0.39 is 12.7 Å². The van der Waals surface area contributed by atoms with E-state index in [0.29, 0.717) is 0 Å². The molecule has 1 atom stereocenters. The number of fused-ring (bicyclic) bond motifs is 1. The molecule has 0 bridgehead atoms. The Bertz CT molecular complexity index is 479. The molecule has 2 aromatic rings. The molecule has 0 saturated heterocycles. The summed E-state index contributed by atoms with van der Waals surface area (Å²) in [7, 11) is 0. The van der Waals surface area contributed by atoms with Crippen LogP contribution in [0.25, 0.3) is 10.8 Å². The van der Waals surface area contributed by atoms with E-state index >= 15 is 0 Å². The fraction of sp³-hybridized carbons (Fsp3) is 0.231. The van der Waals surface area contributed by atoms with Gasteiger partial charge < -0.3 is 5.73 Å². The van der Waals surface area contributed by atoms with Gasteiger partial charge in [0.2, 0.25) is 0 Å². The van der Waals surface area contributed by atoms with Crippen molar-refractivity contribution in [3.8, 4) is 0 Å². The van der Waals surface area contributed by atoms with Gasteiger partial charge in [0.25, 0.3) is 0 Å². The number of nitrogens with two attached hydrogens (primary N) is 1. The molecule has 2 N–H and O–H groups in total. The molecule has 0 aromatic heterocycles. The van der Waals surface area contributed by atoms with Gasteiger partial charge in [-0.1, -0.05) is 36.4 Å². The quantitative estimate of drug-likeness (QED) is 0.797. The molecule has 15 heavy (non-hydrogen) atoms. The Morgan fingerprint density at radius 2 is 1.80 bits per heavy atom. The van der Waals surface area contributed by atoms with Crippen LogP contribution in [0.2, 0.25) is 0 Å². The SMILES string of the molecule is Cc1ccc([C@@H](N)CF)c2ccccc12. The van der Waals surface area contributed by atoms with Crippen LogP contribution in [0.1, 0.15) is 17.2 Å². The second kappa shape index (κ2) is 3.99. The Hall–Kier alpha value is -1.41. The van der Waals surface area contributed by atoms with Crippen LogP contribution in [0.4, 0.5) is 4.39 Å². The van der Waals surface area contributed by atoms with E-state index in [1.807, 2.05) is 43.3 Å². The molecule has 0 aliphatic rings. The lowest BCUT2D eigenvalue weighted by molar-refractivity contribution is 0.438. The summed E-state index contributed by atoms with van der Waals surface area (Å²) in [6, 6.07) is 11.4. The van der Waals surface area contributed by atoms with Crippen molar-refractivity contribution in [3.63, 3.8) is 0 Å². The lowest BCUT2D eigenvalue weighted by Gasteiger charge is -2.12. The summed E-state index contributed by atoms with van der Waals surface area (Å²) >= 11 is 0. The molecule has 2 aromatic carbocycles.